The first-order valence-electron chi connectivity index (χ1n) is 7.14. The maximum absolute atomic E-state index is 12.1. The molecule has 0 radical (unpaired) electrons. The Morgan fingerprint density at radius 1 is 1.23 bits per heavy atom. The summed E-state index contributed by atoms with van der Waals surface area (Å²) in [5.41, 5.74) is 2.27. The SMILES string of the molecule is CCC(C)c1ccc(NC(=O)c2csc(NC(C)=O)n2)cc1. The van der Waals surface area contributed by atoms with Crippen LogP contribution < -0.4 is 10.6 Å². The Hall–Kier alpha value is -2.21. The molecule has 0 fully saturated rings. The zero-order chi connectivity index (χ0) is 16.1. The summed E-state index contributed by atoms with van der Waals surface area (Å²) in [6.45, 7) is 5.72. The zero-order valence-corrected chi connectivity index (χ0v) is 13.7. The third kappa shape index (κ3) is 4.14. The summed E-state index contributed by atoms with van der Waals surface area (Å²) < 4.78 is 0. The standard InChI is InChI=1S/C16H19N3O2S/c1-4-10(2)12-5-7-13(8-6-12)18-15(21)14-9-22-16(19-14)17-11(3)20/h5-10H,4H2,1-3H3,(H,18,21)(H,17,19,20). The first-order valence-corrected chi connectivity index (χ1v) is 8.02. The summed E-state index contributed by atoms with van der Waals surface area (Å²) in [5, 5.41) is 7.40. The van der Waals surface area contributed by atoms with E-state index in [1.54, 1.807) is 5.38 Å². The molecule has 1 aromatic carbocycles. The van der Waals surface area contributed by atoms with Gasteiger partial charge in [-0.1, -0.05) is 26.0 Å². The molecule has 0 aliphatic rings. The lowest BCUT2D eigenvalue weighted by molar-refractivity contribution is -0.114. The summed E-state index contributed by atoms with van der Waals surface area (Å²) in [4.78, 5) is 27.1. The Labute approximate surface area is 133 Å². The Bertz CT molecular complexity index is 664. The molecule has 0 bridgehead atoms. The highest BCUT2D eigenvalue weighted by atomic mass is 32.1. The van der Waals surface area contributed by atoms with Crippen LogP contribution in [0.2, 0.25) is 0 Å². The molecule has 6 heteroatoms. The van der Waals surface area contributed by atoms with Gasteiger partial charge >= 0.3 is 0 Å². The average molecular weight is 317 g/mol. The monoisotopic (exact) mass is 317 g/mol. The van der Waals surface area contributed by atoms with E-state index in [1.807, 2.05) is 24.3 Å². The number of rotatable bonds is 5. The van der Waals surface area contributed by atoms with E-state index >= 15 is 0 Å². The Morgan fingerprint density at radius 3 is 2.50 bits per heavy atom. The fraction of sp³-hybridized carbons (Fsp3) is 0.312. The molecule has 1 atom stereocenters. The zero-order valence-electron chi connectivity index (χ0n) is 12.8. The summed E-state index contributed by atoms with van der Waals surface area (Å²) >= 11 is 1.22. The maximum Gasteiger partial charge on any atom is 0.275 e. The van der Waals surface area contributed by atoms with Gasteiger partial charge in [0.15, 0.2) is 5.13 Å². The molecule has 1 unspecified atom stereocenters. The van der Waals surface area contributed by atoms with Crippen LogP contribution in [0.15, 0.2) is 29.6 Å². The van der Waals surface area contributed by atoms with Crippen LogP contribution in [-0.4, -0.2) is 16.8 Å². The largest absolute Gasteiger partial charge is 0.321 e. The Balaban J connectivity index is 2.02. The van der Waals surface area contributed by atoms with Crippen LogP contribution >= 0.6 is 11.3 Å². The van der Waals surface area contributed by atoms with E-state index in [4.69, 9.17) is 0 Å². The molecule has 2 rings (SSSR count). The third-order valence-corrected chi connectivity index (χ3v) is 4.13. The number of hydrogen-bond donors (Lipinski definition) is 2. The van der Waals surface area contributed by atoms with Gasteiger partial charge in [-0.3, -0.25) is 9.59 Å². The highest BCUT2D eigenvalue weighted by molar-refractivity contribution is 7.14. The van der Waals surface area contributed by atoms with Crippen LogP contribution in [0.4, 0.5) is 10.8 Å². The van der Waals surface area contributed by atoms with Gasteiger partial charge in [-0.05, 0) is 30.0 Å². The first kappa shape index (κ1) is 16.2. The number of nitrogens with one attached hydrogen (secondary N) is 2. The van der Waals surface area contributed by atoms with Gasteiger partial charge in [0.1, 0.15) is 5.69 Å². The number of thiazole rings is 1. The molecule has 0 aliphatic carbocycles. The van der Waals surface area contributed by atoms with Crippen molar-refractivity contribution in [2.24, 2.45) is 0 Å². The molecule has 2 amide bonds. The minimum Gasteiger partial charge on any atom is -0.321 e. The summed E-state index contributed by atoms with van der Waals surface area (Å²) in [7, 11) is 0. The van der Waals surface area contributed by atoms with Gasteiger partial charge in [-0.15, -0.1) is 11.3 Å². The molecule has 0 saturated carbocycles. The molecule has 22 heavy (non-hydrogen) atoms. The average Bonchev–Trinajstić information content (AvgIpc) is 2.95. The van der Waals surface area contributed by atoms with E-state index < -0.39 is 0 Å². The smallest absolute Gasteiger partial charge is 0.275 e. The maximum atomic E-state index is 12.1. The molecular weight excluding hydrogens is 298 g/mol. The molecule has 0 saturated heterocycles. The van der Waals surface area contributed by atoms with Crippen molar-refractivity contribution in [3.63, 3.8) is 0 Å². The molecule has 2 N–H and O–H groups in total. The van der Waals surface area contributed by atoms with E-state index in [9.17, 15) is 9.59 Å². The summed E-state index contributed by atoms with van der Waals surface area (Å²) in [6, 6.07) is 7.82. The van der Waals surface area contributed by atoms with E-state index in [0.717, 1.165) is 12.1 Å². The minimum absolute atomic E-state index is 0.207. The van der Waals surface area contributed by atoms with Crippen molar-refractivity contribution in [1.82, 2.24) is 4.98 Å². The van der Waals surface area contributed by atoms with Crippen LogP contribution in [0.3, 0.4) is 0 Å². The van der Waals surface area contributed by atoms with Crippen LogP contribution in [0, 0.1) is 0 Å². The van der Waals surface area contributed by atoms with Crippen molar-refractivity contribution in [1.29, 1.82) is 0 Å². The minimum atomic E-state index is -0.288. The van der Waals surface area contributed by atoms with Crippen molar-refractivity contribution in [2.45, 2.75) is 33.1 Å². The molecule has 1 heterocycles. The van der Waals surface area contributed by atoms with E-state index in [0.29, 0.717) is 16.7 Å². The summed E-state index contributed by atoms with van der Waals surface area (Å²) in [6.07, 6.45) is 1.08. The number of hydrogen-bond acceptors (Lipinski definition) is 4. The molecule has 1 aromatic heterocycles. The third-order valence-electron chi connectivity index (χ3n) is 3.37. The molecule has 116 valence electrons. The van der Waals surface area contributed by atoms with Crippen molar-refractivity contribution in [3.8, 4) is 0 Å². The highest BCUT2D eigenvalue weighted by Gasteiger charge is 2.12. The highest BCUT2D eigenvalue weighted by Crippen LogP contribution is 2.21. The van der Waals surface area contributed by atoms with Gasteiger partial charge in [-0.2, -0.15) is 0 Å². The van der Waals surface area contributed by atoms with Gasteiger partial charge in [0.25, 0.3) is 5.91 Å². The van der Waals surface area contributed by atoms with Crippen molar-refractivity contribution >= 4 is 34.0 Å². The fourth-order valence-corrected chi connectivity index (χ4v) is 2.65. The fourth-order valence-electron chi connectivity index (χ4n) is 1.91. The Kier molecular flexibility index (Phi) is 5.27. The first-order chi connectivity index (χ1) is 10.5. The van der Waals surface area contributed by atoms with Crippen molar-refractivity contribution in [2.75, 3.05) is 10.6 Å². The molecule has 0 aliphatic heterocycles. The summed E-state index contributed by atoms with van der Waals surface area (Å²) in [5.74, 6) is 0.00888. The van der Waals surface area contributed by atoms with Gasteiger partial charge in [0.05, 0.1) is 0 Å². The lowest BCUT2D eigenvalue weighted by Gasteiger charge is -2.10. The molecule has 5 nitrogen and oxygen atoms in total. The lowest BCUT2D eigenvalue weighted by Crippen LogP contribution is -2.13. The number of carbonyl (C=O) groups excluding carboxylic acids is 2. The van der Waals surface area contributed by atoms with Crippen molar-refractivity contribution in [3.05, 3.63) is 40.9 Å². The Morgan fingerprint density at radius 2 is 1.91 bits per heavy atom. The van der Waals surface area contributed by atoms with Gasteiger partial charge in [-0.25, -0.2) is 4.98 Å². The number of aromatic nitrogens is 1. The predicted octanol–water partition coefficient (Wildman–Crippen LogP) is 3.87. The molecule has 2 aromatic rings. The van der Waals surface area contributed by atoms with Crippen LogP contribution in [0.5, 0.6) is 0 Å². The second-order valence-electron chi connectivity index (χ2n) is 5.10. The normalized spacial score (nSPS) is 11.8. The van der Waals surface area contributed by atoms with Crippen LogP contribution in [0.1, 0.15) is 49.2 Å². The van der Waals surface area contributed by atoms with E-state index in [2.05, 4.69) is 29.5 Å². The molecular formula is C16H19N3O2S. The van der Waals surface area contributed by atoms with Crippen molar-refractivity contribution < 1.29 is 9.59 Å². The number of benzene rings is 1. The quantitative estimate of drug-likeness (QED) is 0.879. The van der Waals surface area contributed by atoms with Gasteiger partial charge in [0, 0.05) is 18.0 Å². The van der Waals surface area contributed by atoms with E-state index in [1.165, 1.54) is 23.8 Å². The number of anilines is 2. The van der Waals surface area contributed by atoms with Gasteiger partial charge in [0.2, 0.25) is 5.91 Å². The lowest BCUT2D eigenvalue weighted by atomic mass is 9.99. The number of carbonyl (C=O) groups is 2. The predicted molar refractivity (Wildman–Crippen MR) is 89.5 cm³/mol. The number of nitrogens with zero attached hydrogens (tertiary/aromatic N) is 1. The topological polar surface area (TPSA) is 71.1 Å². The second-order valence-corrected chi connectivity index (χ2v) is 5.96. The van der Waals surface area contributed by atoms with Gasteiger partial charge < -0.3 is 10.6 Å². The van der Waals surface area contributed by atoms with Crippen LogP contribution in [0.25, 0.3) is 0 Å². The van der Waals surface area contributed by atoms with E-state index in [-0.39, 0.29) is 11.8 Å². The second kappa shape index (κ2) is 7.17. The number of amides is 2. The van der Waals surface area contributed by atoms with Crippen LogP contribution in [-0.2, 0) is 4.79 Å². The molecule has 0 spiro atoms.